The first-order valence-electron chi connectivity index (χ1n) is 17.9. The van der Waals surface area contributed by atoms with Gasteiger partial charge in [0.15, 0.2) is 0 Å². The number of rotatable bonds is 9. The van der Waals surface area contributed by atoms with E-state index in [1.54, 1.807) is 0 Å². The second-order valence-electron chi connectivity index (χ2n) is 13.9. The number of nitrogens with zero attached hydrogens (tertiary/aromatic N) is 1. The third-order valence-electron chi connectivity index (χ3n) is 10.4. The van der Waals surface area contributed by atoms with Crippen LogP contribution in [-0.4, -0.2) is 0 Å². The average Bonchev–Trinajstić information content (AvgIpc) is 3.43. The average molecular weight is 668 g/mol. The lowest BCUT2D eigenvalue weighted by atomic mass is 9.81. The van der Waals surface area contributed by atoms with Gasteiger partial charge in [0.1, 0.15) is 0 Å². The Morgan fingerprint density at radius 3 is 1.54 bits per heavy atom. The zero-order valence-corrected chi connectivity index (χ0v) is 29.8. The Bertz CT molecular complexity index is 2350. The third-order valence-corrected chi connectivity index (χ3v) is 10.4. The summed E-state index contributed by atoms with van der Waals surface area (Å²) in [6.45, 7) is 12.9. The van der Waals surface area contributed by atoms with Crippen LogP contribution in [0.3, 0.4) is 0 Å². The fourth-order valence-corrected chi connectivity index (χ4v) is 7.74. The van der Waals surface area contributed by atoms with Gasteiger partial charge in [0.25, 0.3) is 0 Å². The van der Waals surface area contributed by atoms with Crippen molar-refractivity contribution in [1.29, 1.82) is 0 Å². The molecule has 1 aliphatic rings. The van der Waals surface area contributed by atoms with E-state index in [1.807, 2.05) is 18.2 Å². The Balaban J connectivity index is 1.30. The molecular formula is C51H41N. The van der Waals surface area contributed by atoms with Gasteiger partial charge in [-0.25, -0.2) is 0 Å². The monoisotopic (exact) mass is 667 g/mol. The SMILES string of the molecule is C=C/C=C(\C=C)c1ccc(N(c2ccc(-c3ccccc3)cc2)c2ccc(-c3ccccc3)cc2)cc1-c1ccc2c(c1)C(C)(C)c1ccccc1-2. The number of hydrogen-bond donors (Lipinski definition) is 0. The Labute approximate surface area is 308 Å². The highest BCUT2D eigenvalue weighted by Gasteiger charge is 2.35. The Morgan fingerprint density at radius 1 is 0.462 bits per heavy atom. The highest BCUT2D eigenvalue weighted by atomic mass is 15.1. The van der Waals surface area contributed by atoms with Crippen LogP contribution in [0, 0.1) is 0 Å². The van der Waals surface area contributed by atoms with Gasteiger partial charge >= 0.3 is 0 Å². The summed E-state index contributed by atoms with van der Waals surface area (Å²) in [5.41, 5.74) is 17.7. The summed E-state index contributed by atoms with van der Waals surface area (Å²) in [5, 5.41) is 0. The predicted octanol–water partition coefficient (Wildman–Crippen LogP) is 14.2. The predicted molar refractivity (Wildman–Crippen MR) is 223 cm³/mol. The molecule has 0 amide bonds. The first-order chi connectivity index (χ1) is 25.5. The second kappa shape index (κ2) is 13.7. The molecule has 0 N–H and O–H groups in total. The maximum Gasteiger partial charge on any atom is 0.0468 e. The van der Waals surface area contributed by atoms with Gasteiger partial charge in [0.2, 0.25) is 0 Å². The minimum absolute atomic E-state index is 0.106. The van der Waals surface area contributed by atoms with E-state index in [1.165, 1.54) is 50.1 Å². The van der Waals surface area contributed by atoms with Crippen LogP contribution in [0.5, 0.6) is 0 Å². The van der Waals surface area contributed by atoms with Gasteiger partial charge in [-0.3, -0.25) is 0 Å². The lowest BCUT2D eigenvalue weighted by molar-refractivity contribution is 0.660. The third kappa shape index (κ3) is 5.91. The normalized spacial score (nSPS) is 12.8. The molecule has 7 aromatic rings. The molecule has 8 rings (SSSR count). The van der Waals surface area contributed by atoms with Crippen LogP contribution in [0.25, 0.3) is 50.1 Å². The van der Waals surface area contributed by atoms with Gasteiger partial charge in [0.05, 0.1) is 0 Å². The summed E-state index contributed by atoms with van der Waals surface area (Å²) >= 11 is 0. The largest absolute Gasteiger partial charge is 0.310 e. The first-order valence-corrected chi connectivity index (χ1v) is 17.9. The molecule has 1 heteroatoms. The quantitative estimate of drug-likeness (QED) is 0.139. The Hall–Kier alpha value is -6.44. The molecule has 0 atom stereocenters. The molecule has 0 unspecified atom stereocenters. The molecule has 52 heavy (non-hydrogen) atoms. The number of anilines is 3. The standard InChI is InChI=1S/C51H41N/c1-5-15-36(6-2)45-33-31-44(35-48(45)41-26-32-47-46-20-13-14-21-49(46)51(3,4)50(47)34-41)52(42-27-22-39(23-28-42)37-16-9-7-10-17-37)43-29-24-40(25-30-43)38-18-11-8-12-19-38/h5-35H,1-2H2,3-4H3/b36-15+. The van der Waals surface area contributed by atoms with Crippen molar-refractivity contribution >= 4 is 22.6 Å². The molecule has 0 spiro atoms. The summed E-state index contributed by atoms with van der Waals surface area (Å²) in [6, 6.07) is 61.5. The molecule has 0 fully saturated rings. The highest BCUT2D eigenvalue weighted by Crippen LogP contribution is 2.50. The van der Waals surface area contributed by atoms with E-state index >= 15 is 0 Å². The van der Waals surface area contributed by atoms with Crippen LogP contribution in [0.15, 0.2) is 201 Å². The molecule has 0 radical (unpaired) electrons. The van der Waals surface area contributed by atoms with Crippen LogP contribution in [0.2, 0.25) is 0 Å². The van der Waals surface area contributed by atoms with Crippen LogP contribution < -0.4 is 4.90 Å². The molecule has 0 heterocycles. The van der Waals surface area contributed by atoms with E-state index in [4.69, 9.17) is 0 Å². The van der Waals surface area contributed by atoms with Crippen LogP contribution in [0.4, 0.5) is 17.1 Å². The summed E-state index contributed by atoms with van der Waals surface area (Å²) in [7, 11) is 0. The van der Waals surface area contributed by atoms with E-state index in [2.05, 4.69) is 202 Å². The molecule has 1 aliphatic carbocycles. The van der Waals surface area contributed by atoms with Gasteiger partial charge in [0, 0.05) is 22.5 Å². The number of allylic oxidation sites excluding steroid dienone is 4. The number of hydrogen-bond acceptors (Lipinski definition) is 1. The van der Waals surface area contributed by atoms with Crippen molar-refractivity contribution in [2.75, 3.05) is 4.90 Å². The van der Waals surface area contributed by atoms with Crippen molar-refractivity contribution < 1.29 is 0 Å². The van der Waals surface area contributed by atoms with Crippen LogP contribution in [-0.2, 0) is 5.41 Å². The van der Waals surface area contributed by atoms with E-state index in [-0.39, 0.29) is 5.41 Å². The minimum atomic E-state index is -0.106. The van der Waals surface area contributed by atoms with Crippen molar-refractivity contribution in [3.8, 4) is 44.5 Å². The fraction of sp³-hybridized carbons (Fsp3) is 0.0588. The highest BCUT2D eigenvalue weighted by molar-refractivity contribution is 5.92. The van der Waals surface area contributed by atoms with Crippen molar-refractivity contribution in [3.05, 3.63) is 218 Å². The van der Waals surface area contributed by atoms with E-state index < -0.39 is 0 Å². The van der Waals surface area contributed by atoms with Crippen LogP contribution in [0.1, 0.15) is 30.5 Å². The number of benzene rings is 7. The summed E-state index contributed by atoms with van der Waals surface area (Å²) < 4.78 is 0. The lowest BCUT2D eigenvalue weighted by Crippen LogP contribution is -2.15. The molecule has 0 saturated carbocycles. The molecule has 0 bridgehead atoms. The van der Waals surface area contributed by atoms with E-state index in [9.17, 15) is 0 Å². The summed E-state index contributed by atoms with van der Waals surface area (Å²) in [4.78, 5) is 2.36. The molecule has 7 aromatic carbocycles. The minimum Gasteiger partial charge on any atom is -0.310 e. The fourth-order valence-electron chi connectivity index (χ4n) is 7.74. The van der Waals surface area contributed by atoms with Gasteiger partial charge < -0.3 is 4.90 Å². The van der Waals surface area contributed by atoms with Crippen molar-refractivity contribution in [1.82, 2.24) is 0 Å². The maximum absolute atomic E-state index is 4.19. The molecule has 0 saturated heterocycles. The summed E-state index contributed by atoms with van der Waals surface area (Å²) in [6.07, 6.45) is 5.81. The van der Waals surface area contributed by atoms with Crippen molar-refractivity contribution in [2.45, 2.75) is 19.3 Å². The maximum atomic E-state index is 4.19. The lowest BCUT2D eigenvalue weighted by Gasteiger charge is -2.27. The number of fused-ring (bicyclic) bond motifs is 3. The zero-order valence-electron chi connectivity index (χ0n) is 29.8. The molecule has 0 aliphatic heterocycles. The zero-order chi connectivity index (χ0) is 35.7. The van der Waals surface area contributed by atoms with E-state index in [0.29, 0.717) is 0 Å². The molecule has 1 nitrogen and oxygen atoms in total. The summed E-state index contributed by atoms with van der Waals surface area (Å²) in [5.74, 6) is 0. The molecule has 250 valence electrons. The Morgan fingerprint density at radius 2 is 0.962 bits per heavy atom. The first kappa shape index (κ1) is 32.7. The topological polar surface area (TPSA) is 3.24 Å². The molecule has 0 aromatic heterocycles. The van der Waals surface area contributed by atoms with Crippen LogP contribution >= 0.6 is 0 Å². The van der Waals surface area contributed by atoms with Gasteiger partial charge in [-0.2, -0.15) is 0 Å². The Kier molecular flexibility index (Phi) is 8.63. The smallest absolute Gasteiger partial charge is 0.0468 e. The molecular weight excluding hydrogens is 627 g/mol. The van der Waals surface area contributed by atoms with Crippen molar-refractivity contribution in [2.24, 2.45) is 0 Å². The van der Waals surface area contributed by atoms with Gasteiger partial charge in [-0.05, 0) is 109 Å². The van der Waals surface area contributed by atoms with Crippen molar-refractivity contribution in [3.63, 3.8) is 0 Å². The van der Waals surface area contributed by atoms with Gasteiger partial charge in [-0.15, -0.1) is 0 Å². The van der Waals surface area contributed by atoms with Gasteiger partial charge in [-0.1, -0.05) is 173 Å². The second-order valence-corrected chi connectivity index (χ2v) is 13.9. The van der Waals surface area contributed by atoms with E-state index in [0.717, 1.165) is 33.8 Å².